The first-order valence-corrected chi connectivity index (χ1v) is 7.80. The molecule has 0 N–H and O–H groups in total. The van der Waals surface area contributed by atoms with Gasteiger partial charge in [-0.3, -0.25) is 4.79 Å². The van der Waals surface area contributed by atoms with Crippen LogP contribution in [0.1, 0.15) is 28.8 Å². The van der Waals surface area contributed by atoms with Crippen molar-refractivity contribution in [1.29, 1.82) is 0 Å². The van der Waals surface area contributed by atoms with Gasteiger partial charge in [0, 0.05) is 12.6 Å². The Balaban J connectivity index is 1.82. The highest BCUT2D eigenvalue weighted by atomic mass is 16.5. The molecule has 1 saturated carbocycles. The molecule has 2 aromatic carbocycles. The quantitative estimate of drug-likeness (QED) is 0.819. The smallest absolute Gasteiger partial charge is 0.258 e. The van der Waals surface area contributed by atoms with E-state index in [1.165, 1.54) is 0 Å². The molecule has 0 spiro atoms. The highest BCUT2D eigenvalue weighted by Crippen LogP contribution is 2.31. The average molecular weight is 311 g/mol. The molecule has 2 aromatic rings. The molecule has 4 heteroatoms. The lowest BCUT2D eigenvalue weighted by molar-refractivity contribution is 0.0726. The van der Waals surface area contributed by atoms with Crippen molar-refractivity contribution in [3.05, 3.63) is 59.7 Å². The molecule has 0 heterocycles. The van der Waals surface area contributed by atoms with Crippen molar-refractivity contribution in [2.24, 2.45) is 0 Å². The predicted octanol–water partition coefficient (Wildman–Crippen LogP) is 3.51. The number of nitrogens with zero attached hydrogens (tertiary/aromatic N) is 1. The van der Waals surface area contributed by atoms with Crippen LogP contribution in [0.25, 0.3) is 0 Å². The van der Waals surface area contributed by atoms with E-state index in [-0.39, 0.29) is 5.91 Å². The molecular formula is C19H21NO3. The van der Waals surface area contributed by atoms with Gasteiger partial charge in [-0.15, -0.1) is 0 Å². The van der Waals surface area contributed by atoms with E-state index in [0.29, 0.717) is 23.9 Å². The van der Waals surface area contributed by atoms with Crippen molar-refractivity contribution in [2.75, 3.05) is 14.2 Å². The zero-order chi connectivity index (χ0) is 16.2. The third-order valence-corrected chi connectivity index (χ3v) is 4.10. The predicted molar refractivity (Wildman–Crippen MR) is 88.9 cm³/mol. The van der Waals surface area contributed by atoms with Gasteiger partial charge in [0.1, 0.15) is 11.5 Å². The number of methoxy groups -OCH3 is 2. The average Bonchev–Trinajstić information content (AvgIpc) is 3.44. The first-order chi connectivity index (χ1) is 11.2. The molecule has 0 radical (unpaired) electrons. The lowest BCUT2D eigenvalue weighted by Crippen LogP contribution is -2.32. The van der Waals surface area contributed by atoms with Crippen molar-refractivity contribution in [3.63, 3.8) is 0 Å². The summed E-state index contributed by atoms with van der Waals surface area (Å²) >= 11 is 0. The van der Waals surface area contributed by atoms with E-state index in [2.05, 4.69) is 0 Å². The third kappa shape index (κ3) is 3.47. The first kappa shape index (κ1) is 15.4. The Labute approximate surface area is 136 Å². The van der Waals surface area contributed by atoms with Crippen LogP contribution in [-0.2, 0) is 6.54 Å². The van der Waals surface area contributed by atoms with E-state index in [1.807, 2.05) is 53.4 Å². The summed E-state index contributed by atoms with van der Waals surface area (Å²) in [6, 6.07) is 15.6. The Bertz CT molecular complexity index is 677. The lowest BCUT2D eigenvalue weighted by Gasteiger charge is -2.23. The number of carbonyl (C=O) groups is 1. The summed E-state index contributed by atoms with van der Waals surface area (Å²) < 4.78 is 10.5. The molecule has 1 amide bonds. The largest absolute Gasteiger partial charge is 0.497 e. The Kier molecular flexibility index (Phi) is 4.51. The Morgan fingerprint density at radius 3 is 2.35 bits per heavy atom. The molecule has 0 aliphatic heterocycles. The van der Waals surface area contributed by atoms with E-state index >= 15 is 0 Å². The normalized spacial score (nSPS) is 13.5. The van der Waals surface area contributed by atoms with Gasteiger partial charge in [0.15, 0.2) is 0 Å². The molecule has 1 aliphatic rings. The summed E-state index contributed by atoms with van der Waals surface area (Å²) in [5, 5.41) is 0. The third-order valence-electron chi connectivity index (χ3n) is 4.10. The van der Waals surface area contributed by atoms with Gasteiger partial charge < -0.3 is 14.4 Å². The van der Waals surface area contributed by atoms with Gasteiger partial charge in [-0.1, -0.05) is 24.3 Å². The fourth-order valence-electron chi connectivity index (χ4n) is 2.66. The SMILES string of the molecule is COc1ccc(CN(C(=O)c2ccccc2OC)C2CC2)cc1. The standard InChI is InChI=1S/C19H21NO3/c1-22-16-11-7-14(8-12-16)13-20(15-9-10-15)19(21)17-5-3-4-6-18(17)23-2/h3-8,11-12,15H,9-10,13H2,1-2H3. The fourth-order valence-corrected chi connectivity index (χ4v) is 2.66. The second kappa shape index (κ2) is 6.73. The number of hydrogen-bond acceptors (Lipinski definition) is 3. The van der Waals surface area contributed by atoms with E-state index in [1.54, 1.807) is 14.2 Å². The number of carbonyl (C=O) groups excluding carboxylic acids is 1. The molecular weight excluding hydrogens is 290 g/mol. The van der Waals surface area contributed by atoms with Crippen LogP contribution in [0.15, 0.2) is 48.5 Å². The van der Waals surface area contributed by atoms with Gasteiger partial charge in [0.25, 0.3) is 5.91 Å². The summed E-state index contributed by atoms with van der Waals surface area (Å²) in [5.41, 5.74) is 1.72. The molecule has 1 fully saturated rings. The van der Waals surface area contributed by atoms with E-state index in [4.69, 9.17) is 9.47 Å². The summed E-state index contributed by atoms with van der Waals surface area (Å²) in [4.78, 5) is 14.9. The molecule has 120 valence electrons. The summed E-state index contributed by atoms with van der Waals surface area (Å²) in [5.74, 6) is 1.47. The summed E-state index contributed by atoms with van der Waals surface area (Å²) in [6.07, 6.45) is 2.13. The van der Waals surface area contributed by atoms with Crippen LogP contribution in [0.3, 0.4) is 0 Å². The Hall–Kier alpha value is -2.49. The number of benzene rings is 2. The van der Waals surface area contributed by atoms with E-state index in [9.17, 15) is 4.79 Å². The number of ether oxygens (including phenoxy) is 2. The van der Waals surface area contributed by atoms with Gasteiger partial charge in [0.2, 0.25) is 0 Å². The highest BCUT2D eigenvalue weighted by Gasteiger charge is 2.34. The fraction of sp³-hybridized carbons (Fsp3) is 0.316. The van der Waals surface area contributed by atoms with Gasteiger partial charge in [-0.2, -0.15) is 0 Å². The van der Waals surface area contributed by atoms with Crippen molar-refractivity contribution in [1.82, 2.24) is 4.90 Å². The highest BCUT2D eigenvalue weighted by molar-refractivity contribution is 5.97. The topological polar surface area (TPSA) is 38.8 Å². The van der Waals surface area contributed by atoms with Crippen LogP contribution in [0, 0.1) is 0 Å². The molecule has 1 aliphatic carbocycles. The van der Waals surface area contributed by atoms with Gasteiger partial charge in [-0.05, 0) is 42.7 Å². The number of amides is 1. The van der Waals surface area contributed by atoms with Gasteiger partial charge in [0.05, 0.1) is 19.8 Å². The maximum absolute atomic E-state index is 13.0. The van der Waals surface area contributed by atoms with Crippen molar-refractivity contribution in [2.45, 2.75) is 25.4 Å². The molecule has 4 nitrogen and oxygen atoms in total. The molecule has 0 atom stereocenters. The maximum Gasteiger partial charge on any atom is 0.258 e. The van der Waals surface area contributed by atoms with Crippen molar-refractivity contribution in [3.8, 4) is 11.5 Å². The maximum atomic E-state index is 13.0. The minimum absolute atomic E-state index is 0.0285. The monoisotopic (exact) mass is 311 g/mol. The Morgan fingerprint density at radius 2 is 1.74 bits per heavy atom. The summed E-state index contributed by atoms with van der Waals surface area (Å²) in [7, 11) is 3.24. The lowest BCUT2D eigenvalue weighted by atomic mass is 10.1. The van der Waals surface area contributed by atoms with Crippen LogP contribution in [-0.4, -0.2) is 31.1 Å². The summed E-state index contributed by atoms with van der Waals surface area (Å²) in [6.45, 7) is 0.603. The number of rotatable bonds is 6. The minimum atomic E-state index is 0.0285. The van der Waals surface area contributed by atoms with Crippen molar-refractivity contribution < 1.29 is 14.3 Å². The van der Waals surface area contributed by atoms with Gasteiger partial charge >= 0.3 is 0 Å². The van der Waals surface area contributed by atoms with Crippen LogP contribution in [0.5, 0.6) is 11.5 Å². The van der Waals surface area contributed by atoms with Crippen LogP contribution >= 0.6 is 0 Å². The number of para-hydroxylation sites is 1. The van der Waals surface area contributed by atoms with E-state index in [0.717, 1.165) is 24.2 Å². The van der Waals surface area contributed by atoms with Gasteiger partial charge in [-0.25, -0.2) is 0 Å². The van der Waals surface area contributed by atoms with Crippen LogP contribution in [0.4, 0.5) is 0 Å². The number of hydrogen-bond donors (Lipinski definition) is 0. The molecule has 0 bridgehead atoms. The van der Waals surface area contributed by atoms with Crippen molar-refractivity contribution >= 4 is 5.91 Å². The molecule has 23 heavy (non-hydrogen) atoms. The molecule has 0 unspecified atom stereocenters. The first-order valence-electron chi connectivity index (χ1n) is 7.80. The minimum Gasteiger partial charge on any atom is -0.497 e. The van der Waals surface area contributed by atoms with Crippen LogP contribution < -0.4 is 9.47 Å². The zero-order valence-corrected chi connectivity index (χ0v) is 13.5. The molecule has 3 rings (SSSR count). The van der Waals surface area contributed by atoms with Crippen LogP contribution in [0.2, 0.25) is 0 Å². The molecule has 0 aromatic heterocycles. The second-order valence-electron chi connectivity index (χ2n) is 5.71. The Morgan fingerprint density at radius 1 is 1.04 bits per heavy atom. The molecule has 0 saturated heterocycles. The second-order valence-corrected chi connectivity index (χ2v) is 5.71. The van der Waals surface area contributed by atoms with E-state index < -0.39 is 0 Å². The zero-order valence-electron chi connectivity index (χ0n) is 13.5.